The summed E-state index contributed by atoms with van der Waals surface area (Å²) in [4.78, 5) is 11.8. The van der Waals surface area contributed by atoms with Gasteiger partial charge in [0.2, 0.25) is 0 Å². The van der Waals surface area contributed by atoms with Gasteiger partial charge in [0.25, 0.3) is 0 Å². The zero-order valence-corrected chi connectivity index (χ0v) is 12.3. The monoisotopic (exact) mass is 276 g/mol. The van der Waals surface area contributed by atoms with Crippen LogP contribution in [0.25, 0.3) is 0 Å². The zero-order valence-electron chi connectivity index (χ0n) is 12.3. The molecule has 0 amide bonds. The van der Waals surface area contributed by atoms with Crippen LogP contribution >= 0.6 is 0 Å². The molecule has 1 saturated carbocycles. The summed E-state index contributed by atoms with van der Waals surface area (Å²) < 4.78 is 5.17. The van der Waals surface area contributed by atoms with Crippen LogP contribution in [-0.4, -0.2) is 24.7 Å². The number of benzene rings is 1. The molecule has 1 aromatic carbocycles. The topological polar surface area (TPSA) is 64.3 Å². The van der Waals surface area contributed by atoms with Gasteiger partial charge in [0.05, 0.1) is 11.7 Å². The maximum Gasteiger partial charge on any atom is 0.338 e. The number of hydrogen-bond acceptors (Lipinski definition) is 4. The van der Waals surface area contributed by atoms with Gasteiger partial charge in [-0.15, -0.1) is 0 Å². The molecule has 0 aromatic heterocycles. The smallest absolute Gasteiger partial charge is 0.338 e. The minimum atomic E-state index is -0.271. The number of esters is 1. The molecule has 0 spiro atoms. The summed E-state index contributed by atoms with van der Waals surface area (Å²) in [6.45, 7) is 4.43. The average molecular weight is 276 g/mol. The number of nitrogens with two attached hydrogens (primary N) is 1. The van der Waals surface area contributed by atoms with E-state index in [9.17, 15) is 4.79 Å². The Balaban J connectivity index is 1.96. The minimum Gasteiger partial charge on any atom is -0.459 e. The van der Waals surface area contributed by atoms with Crippen LogP contribution in [0, 0.1) is 5.92 Å². The van der Waals surface area contributed by atoms with E-state index in [0.29, 0.717) is 17.5 Å². The van der Waals surface area contributed by atoms with Crippen LogP contribution < -0.4 is 11.1 Å². The third-order valence-corrected chi connectivity index (χ3v) is 3.78. The van der Waals surface area contributed by atoms with Gasteiger partial charge in [0.1, 0.15) is 0 Å². The van der Waals surface area contributed by atoms with E-state index in [1.807, 2.05) is 26.0 Å². The van der Waals surface area contributed by atoms with Gasteiger partial charge in [-0.1, -0.05) is 6.42 Å². The molecular formula is C16H24N2O2. The fourth-order valence-electron chi connectivity index (χ4n) is 2.71. The Morgan fingerprint density at radius 1 is 1.35 bits per heavy atom. The van der Waals surface area contributed by atoms with Crippen molar-refractivity contribution in [1.29, 1.82) is 0 Å². The van der Waals surface area contributed by atoms with Crippen molar-refractivity contribution in [1.82, 2.24) is 0 Å². The second-order valence-electron chi connectivity index (χ2n) is 5.71. The van der Waals surface area contributed by atoms with E-state index in [1.165, 1.54) is 19.3 Å². The first-order valence-electron chi connectivity index (χ1n) is 7.38. The SMILES string of the molecule is CC(C)OC(=O)c1ccc(NC2CCCC2CN)cc1. The summed E-state index contributed by atoms with van der Waals surface area (Å²) in [5.41, 5.74) is 7.41. The van der Waals surface area contributed by atoms with E-state index in [0.717, 1.165) is 12.2 Å². The molecule has 0 radical (unpaired) electrons. The van der Waals surface area contributed by atoms with Crippen molar-refractivity contribution < 1.29 is 9.53 Å². The highest BCUT2D eigenvalue weighted by molar-refractivity contribution is 5.89. The average Bonchev–Trinajstić information content (AvgIpc) is 2.86. The van der Waals surface area contributed by atoms with Gasteiger partial charge in [0.15, 0.2) is 0 Å². The number of ether oxygens (including phenoxy) is 1. The van der Waals surface area contributed by atoms with Crippen molar-refractivity contribution in [2.24, 2.45) is 11.7 Å². The van der Waals surface area contributed by atoms with Crippen LogP contribution in [0.3, 0.4) is 0 Å². The number of nitrogens with one attached hydrogen (secondary N) is 1. The lowest BCUT2D eigenvalue weighted by molar-refractivity contribution is 0.0378. The Morgan fingerprint density at radius 2 is 2.05 bits per heavy atom. The highest BCUT2D eigenvalue weighted by atomic mass is 16.5. The number of carbonyl (C=O) groups is 1. The lowest BCUT2D eigenvalue weighted by atomic mass is 10.0. The van der Waals surface area contributed by atoms with Crippen molar-refractivity contribution in [2.45, 2.75) is 45.3 Å². The summed E-state index contributed by atoms with van der Waals surface area (Å²) in [7, 11) is 0. The fraction of sp³-hybridized carbons (Fsp3) is 0.562. The molecule has 1 fully saturated rings. The van der Waals surface area contributed by atoms with Gasteiger partial charge in [-0.3, -0.25) is 0 Å². The third kappa shape index (κ3) is 3.73. The minimum absolute atomic E-state index is 0.0934. The predicted octanol–water partition coefficient (Wildman–Crippen LogP) is 2.79. The molecule has 110 valence electrons. The van der Waals surface area contributed by atoms with Gasteiger partial charge >= 0.3 is 5.97 Å². The second kappa shape index (κ2) is 6.75. The van der Waals surface area contributed by atoms with Gasteiger partial charge in [-0.2, -0.15) is 0 Å². The van der Waals surface area contributed by atoms with Gasteiger partial charge < -0.3 is 15.8 Å². The Morgan fingerprint density at radius 3 is 2.65 bits per heavy atom. The first-order valence-corrected chi connectivity index (χ1v) is 7.38. The largest absolute Gasteiger partial charge is 0.459 e. The van der Waals surface area contributed by atoms with E-state index in [1.54, 1.807) is 12.1 Å². The van der Waals surface area contributed by atoms with Crippen LogP contribution in [0.1, 0.15) is 43.5 Å². The van der Waals surface area contributed by atoms with Crippen molar-refractivity contribution in [3.63, 3.8) is 0 Å². The summed E-state index contributed by atoms with van der Waals surface area (Å²) in [6.07, 6.45) is 3.51. The molecule has 1 aromatic rings. The molecule has 3 N–H and O–H groups in total. The third-order valence-electron chi connectivity index (χ3n) is 3.78. The Hall–Kier alpha value is -1.55. The number of rotatable bonds is 5. The predicted molar refractivity (Wildman–Crippen MR) is 80.8 cm³/mol. The van der Waals surface area contributed by atoms with Gasteiger partial charge in [-0.05, 0) is 63.4 Å². The van der Waals surface area contributed by atoms with E-state index >= 15 is 0 Å². The molecule has 0 heterocycles. The summed E-state index contributed by atoms with van der Waals surface area (Å²) in [5.74, 6) is 0.285. The molecule has 2 rings (SSSR count). The summed E-state index contributed by atoms with van der Waals surface area (Å²) in [6, 6.07) is 7.93. The fourth-order valence-corrected chi connectivity index (χ4v) is 2.71. The number of anilines is 1. The first-order chi connectivity index (χ1) is 9.60. The molecule has 2 unspecified atom stereocenters. The number of hydrogen-bond donors (Lipinski definition) is 2. The lowest BCUT2D eigenvalue weighted by Crippen LogP contribution is -2.29. The van der Waals surface area contributed by atoms with Crippen LogP contribution in [-0.2, 0) is 4.74 Å². The van der Waals surface area contributed by atoms with E-state index in [4.69, 9.17) is 10.5 Å². The Labute approximate surface area is 120 Å². The van der Waals surface area contributed by atoms with E-state index < -0.39 is 0 Å². The maximum atomic E-state index is 11.8. The van der Waals surface area contributed by atoms with E-state index in [2.05, 4.69) is 5.32 Å². The Kier molecular flexibility index (Phi) is 5.01. The molecule has 0 aliphatic heterocycles. The highest BCUT2D eigenvalue weighted by Crippen LogP contribution is 2.27. The quantitative estimate of drug-likeness (QED) is 0.812. The maximum absolute atomic E-state index is 11.8. The van der Waals surface area contributed by atoms with Crippen molar-refractivity contribution in [3.8, 4) is 0 Å². The number of carbonyl (C=O) groups excluding carboxylic acids is 1. The molecule has 1 aliphatic carbocycles. The summed E-state index contributed by atoms with van der Waals surface area (Å²) >= 11 is 0. The van der Waals surface area contributed by atoms with Crippen molar-refractivity contribution in [3.05, 3.63) is 29.8 Å². The normalized spacial score (nSPS) is 22.0. The zero-order chi connectivity index (χ0) is 14.5. The van der Waals surface area contributed by atoms with Crippen LogP contribution in [0.2, 0.25) is 0 Å². The van der Waals surface area contributed by atoms with Crippen molar-refractivity contribution in [2.75, 3.05) is 11.9 Å². The lowest BCUT2D eigenvalue weighted by Gasteiger charge is -2.20. The molecule has 0 bridgehead atoms. The van der Waals surface area contributed by atoms with Crippen molar-refractivity contribution >= 4 is 11.7 Å². The van der Waals surface area contributed by atoms with Gasteiger partial charge in [-0.25, -0.2) is 4.79 Å². The van der Waals surface area contributed by atoms with Crippen LogP contribution in [0.4, 0.5) is 5.69 Å². The molecule has 20 heavy (non-hydrogen) atoms. The molecule has 4 heteroatoms. The molecular weight excluding hydrogens is 252 g/mol. The second-order valence-corrected chi connectivity index (χ2v) is 5.71. The molecule has 0 saturated heterocycles. The van der Waals surface area contributed by atoms with Crippen LogP contribution in [0.15, 0.2) is 24.3 Å². The van der Waals surface area contributed by atoms with E-state index in [-0.39, 0.29) is 12.1 Å². The first kappa shape index (κ1) is 14.9. The molecule has 1 aliphatic rings. The van der Waals surface area contributed by atoms with Gasteiger partial charge in [0, 0.05) is 11.7 Å². The highest BCUT2D eigenvalue weighted by Gasteiger charge is 2.25. The molecule has 4 nitrogen and oxygen atoms in total. The Bertz CT molecular complexity index is 442. The molecule has 2 atom stereocenters. The standard InChI is InChI=1S/C16H24N2O2/c1-11(2)20-16(19)12-6-8-14(9-7-12)18-15-5-3-4-13(15)10-17/h6-9,11,13,15,18H,3-5,10,17H2,1-2H3. The van der Waals surface area contributed by atoms with Crippen LogP contribution in [0.5, 0.6) is 0 Å². The summed E-state index contributed by atoms with van der Waals surface area (Å²) in [5, 5.41) is 3.52.